The minimum atomic E-state index is 0.386. The van der Waals surface area contributed by atoms with Gasteiger partial charge in [0.2, 0.25) is 0 Å². The van der Waals surface area contributed by atoms with Gasteiger partial charge in [-0.3, -0.25) is 4.57 Å². The summed E-state index contributed by atoms with van der Waals surface area (Å²) >= 11 is 0. The molecule has 0 atom stereocenters. The molecule has 0 amide bonds. The van der Waals surface area contributed by atoms with E-state index in [2.05, 4.69) is 66.3 Å². The zero-order chi connectivity index (χ0) is 20.7. The highest BCUT2D eigenvalue weighted by atomic mass is 16.5. The summed E-state index contributed by atoms with van der Waals surface area (Å²) in [6.45, 7) is 5.02. The van der Waals surface area contributed by atoms with Gasteiger partial charge in [-0.1, -0.05) is 17.7 Å². The molecule has 30 heavy (non-hydrogen) atoms. The molecule has 5 rings (SSSR count). The molecule has 1 aliphatic heterocycles. The highest BCUT2D eigenvalue weighted by Crippen LogP contribution is 2.33. The zero-order valence-corrected chi connectivity index (χ0v) is 17.0. The molecule has 0 unspecified atom stereocenters. The van der Waals surface area contributed by atoms with Gasteiger partial charge >= 0.3 is 0 Å². The Morgan fingerprint density at radius 3 is 2.70 bits per heavy atom. The molecular formula is C23H20N6O. The molecule has 0 aliphatic carbocycles. The number of imidazole rings is 1. The van der Waals surface area contributed by atoms with Crippen molar-refractivity contribution in [2.75, 3.05) is 7.11 Å². The van der Waals surface area contributed by atoms with Crippen molar-refractivity contribution in [3.8, 4) is 28.9 Å². The minimum absolute atomic E-state index is 0.386. The van der Waals surface area contributed by atoms with E-state index < -0.39 is 0 Å². The molecule has 1 aliphatic rings. The molecule has 1 aromatic carbocycles. The SMILES string of the molecule is COCc1nnc2n1Cc1c(C#Cc3ccc(C)cn3)ncn1-c1ccc(C)cc1-2. The number of hydrogen-bond acceptors (Lipinski definition) is 5. The van der Waals surface area contributed by atoms with Crippen LogP contribution in [0.1, 0.15) is 34.0 Å². The lowest BCUT2D eigenvalue weighted by molar-refractivity contribution is 0.174. The van der Waals surface area contributed by atoms with Gasteiger partial charge in [-0.25, -0.2) is 9.97 Å². The summed E-state index contributed by atoms with van der Waals surface area (Å²) in [6.07, 6.45) is 3.64. The maximum absolute atomic E-state index is 5.34. The van der Waals surface area contributed by atoms with E-state index in [4.69, 9.17) is 4.74 Å². The van der Waals surface area contributed by atoms with Crippen molar-refractivity contribution in [3.05, 3.63) is 76.9 Å². The van der Waals surface area contributed by atoms with E-state index in [0.29, 0.717) is 18.8 Å². The standard InChI is InChI=1S/C23H20N6O/c1-15-5-9-20-18(10-15)23-27-26-22(13-30-3)28(23)12-21-19(25-14-29(20)21)8-7-17-6-4-16(2)11-24-17/h4-6,9-11,14H,12-13H2,1-3H3. The van der Waals surface area contributed by atoms with E-state index in [-0.39, 0.29) is 0 Å². The molecule has 0 saturated heterocycles. The summed E-state index contributed by atoms with van der Waals surface area (Å²) in [6, 6.07) is 10.2. The molecule has 4 aromatic rings. The minimum Gasteiger partial charge on any atom is -0.377 e. The van der Waals surface area contributed by atoms with Gasteiger partial charge in [-0.15, -0.1) is 10.2 Å². The Balaban J connectivity index is 1.67. The van der Waals surface area contributed by atoms with Crippen LogP contribution in [0.25, 0.3) is 17.1 Å². The van der Waals surface area contributed by atoms with Crippen LogP contribution in [0.4, 0.5) is 0 Å². The normalized spacial score (nSPS) is 11.7. The van der Waals surface area contributed by atoms with Crippen LogP contribution in [0, 0.1) is 25.7 Å². The van der Waals surface area contributed by atoms with Gasteiger partial charge in [0.15, 0.2) is 11.6 Å². The van der Waals surface area contributed by atoms with E-state index in [0.717, 1.165) is 45.4 Å². The molecule has 0 fully saturated rings. The maximum atomic E-state index is 5.34. The highest BCUT2D eigenvalue weighted by Gasteiger charge is 2.25. The monoisotopic (exact) mass is 396 g/mol. The van der Waals surface area contributed by atoms with Crippen molar-refractivity contribution >= 4 is 0 Å². The first-order valence-corrected chi connectivity index (χ1v) is 9.67. The molecule has 0 radical (unpaired) electrons. The van der Waals surface area contributed by atoms with Crippen molar-refractivity contribution in [2.24, 2.45) is 0 Å². The molecule has 7 nitrogen and oxygen atoms in total. The van der Waals surface area contributed by atoms with Crippen molar-refractivity contribution in [1.82, 2.24) is 29.3 Å². The van der Waals surface area contributed by atoms with Crippen molar-refractivity contribution in [1.29, 1.82) is 0 Å². The number of aryl methyl sites for hydroxylation is 2. The van der Waals surface area contributed by atoms with Gasteiger partial charge in [-0.05, 0) is 49.5 Å². The Kier molecular flexibility index (Phi) is 4.42. The summed E-state index contributed by atoms with van der Waals surface area (Å²) in [5, 5.41) is 8.82. The predicted octanol–water partition coefficient (Wildman–Crippen LogP) is 3.05. The highest BCUT2D eigenvalue weighted by molar-refractivity contribution is 5.70. The first-order valence-electron chi connectivity index (χ1n) is 9.67. The molecular weight excluding hydrogens is 376 g/mol. The number of fused-ring (bicyclic) bond motifs is 5. The van der Waals surface area contributed by atoms with Crippen molar-refractivity contribution < 1.29 is 4.74 Å². The number of pyridine rings is 1. The number of aromatic nitrogens is 6. The van der Waals surface area contributed by atoms with Gasteiger partial charge < -0.3 is 9.30 Å². The Morgan fingerprint density at radius 2 is 1.90 bits per heavy atom. The third kappa shape index (κ3) is 3.08. The smallest absolute Gasteiger partial charge is 0.166 e. The van der Waals surface area contributed by atoms with Crippen LogP contribution in [0.15, 0.2) is 42.9 Å². The van der Waals surface area contributed by atoms with Crippen LogP contribution < -0.4 is 0 Å². The summed E-state index contributed by atoms with van der Waals surface area (Å²) < 4.78 is 9.51. The van der Waals surface area contributed by atoms with Gasteiger partial charge in [0.05, 0.1) is 17.9 Å². The second kappa shape index (κ2) is 7.25. The van der Waals surface area contributed by atoms with E-state index in [1.54, 1.807) is 7.11 Å². The molecule has 0 spiro atoms. The predicted molar refractivity (Wildman–Crippen MR) is 112 cm³/mol. The van der Waals surface area contributed by atoms with Crippen LogP contribution in [0.5, 0.6) is 0 Å². The Morgan fingerprint density at radius 1 is 1.03 bits per heavy atom. The molecule has 7 heteroatoms. The van der Waals surface area contributed by atoms with Crippen LogP contribution >= 0.6 is 0 Å². The number of hydrogen-bond donors (Lipinski definition) is 0. The first-order chi connectivity index (χ1) is 14.6. The third-order valence-corrected chi connectivity index (χ3v) is 5.15. The molecule has 3 aromatic heterocycles. The second-order valence-corrected chi connectivity index (χ2v) is 7.36. The first kappa shape index (κ1) is 18.3. The Hall–Kier alpha value is -3.76. The number of methoxy groups -OCH3 is 1. The van der Waals surface area contributed by atoms with Gasteiger partial charge in [0.1, 0.15) is 24.3 Å². The summed E-state index contributed by atoms with van der Waals surface area (Å²) in [5.74, 6) is 7.93. The summed E-state index contributed by atoms with van der Waals surface area (Å²) in [5.41, 5.74) is 6.71. The zero-order valence-electron chi connectivity index (χ0n) is 17.0. The molecule has 148 valence electrons. The number of rotatable bonds is 2. The van der Waals surface area contributed by atoms with E-state index in [9.17, 15) is 0 Å². The molecule has 0 N–H and O–H groups in total. The Labute approximate surface area is 174 Å². The van der Waals surface area contributed by atoms with E-state index in [1.165, 1.54) is 0 Å². The fourth-order valence-corrected chi connectivity index (χ4v) is 3.63. The van der Waals surface area contributed by atoms with Gasteiger partial charge in [0.25, 0.3) is 0 Å². The average Bonchev–Trinajstić information content (AvgIpc) is 3.29. The molecule has 0 bridgehead atoms. The number of benzene rings is 1. The maximum Gasteiger partial charge on any atom is 0.166 e. The Bertz CT molecular complexity index is 1300. The fraction of sp³-hybridized carbons (Fsp3) is 0.217. The molecule has 4 heterocycles. The summed E-state index contributed by atoms with van der Waals surface area (Å²) in [7, 11) is 1.66. The van der Waals surface area contributed by atoms with Crippen LogP contribution in [-0.2, 0) is 17.9 Å². The van der Waals surface area contributed by atoms with Crippen LogP contribution in [-0.4, -0.2) is 36.4 Å². The molecule has 0 saturated carbocycles. The van der Waals surface area contributed by atoms with Crippen LogP contribution in [0.2, 0.25) is 0 Å². The van der Waals surface area contributed by atoms with Crippen molar-refractivity contribution in [2.45, 2.75) is 27.0 Å². The largest absolute Gasteiger partial charge is 0.377 e. The van der Waals surface area contributed by atoms with Gasteiger partial charge in [0, 0.05) is 18.9 Å². The summed E-state index contributed by atoms with van der Waals surface area (Å²) in [4.78, 5) is 8.97. The quantitative estimate of drug-likeness (QED) is 0.429. The van der Waals surface area contributed by atoms with E-state index in [1.807, 2.05) is 31.6 Å². The average molecular weight is 396 g/mol. The lowest BCUT2D eigenvalue weighted by atomic mass is 10.1. The second-order valence-electron chi connectivity index (χ2n) is 7.36. The lowest BCUT2D eigenvalue weighted by Crippen LogP contribution is -2.09. The van der Waals surface area contributed by atoms with E-state index >= 15 is 0 Å². The topological polar surface area (TPSA) is 70.7 Å². The van der Waals surface area contributed by atoms with Crippen LogP contribution in [0.3, 0.4) is 0 Å². The third-order valence-electron chi connectivity index (χ3n) is 5.15. The lowest BCUT2D eigenvalue weighted by Gasteiger charge is -2.08. The number of ether oxygens (including phenoxy) is 1. The fourth-order valence-electron chi connectivity index (χ4n) is 3.63. The van der Waals surface area contributed by atoms with Gasteiger partial charge in [-0.2, -0.15) is 0 Å². The number of nitrogens with zero attached hydrogens (tertiary/aromatic N) is 6. The van der Waals surface area contributed by atoms with Crippen molar-refractivity contribution in [3.63, 3.8) is 0 Å².